The summed E-state index contributed by atoms with van der Waals surface area (Å²) in [6.07, 6.45) is -4.31. The number of pyridine rings is 1. The first-order valence-corrected chi connectivity index (χ1v) is 11.8. The van der Waals surface area contributed by atoms with Gasteiger partial charge >= 0.3 is 12.1 Å². The number of aromatic amines is 1. The number of carbonyl (C=O) groups is 2. The molecule has 5 rings (SSSR count). The molecule has 1 atom stereocenters. The summed E-state index contributed by atoms with van der Waals surface area (Å²) in [7, 11) is 0. The number of aromatic carboxylic acids is 1. The number of tetrazole rings is 1. The largest absolute Gasteiger partial charge is 0.508 e. The molecule has 0 aliphatic rings. The lowest BCUT2D eigenvalue weighted by atomic mass is 9.98. The van der Waals surface area contributed by atoms with Crippen molar-refractivity contribution in [2.24, 2.45) is 0 Å². The van der Waals surface area contributed by atoms with E-state index >= 15 is 0 Å². The molecule has 0 spiro atoms. The summed E-state index contributed by atoms with van der Waals surface area (Å²) < 4.78 is 39.6. The van der Waals surface area contributed by atoms with Crippen LogP contribution in [0.1, 0.15) is 43.8 Å². The number of nitrogens with one attached hydrogen (secondary N) is 2. The van der Waals surface area contributed by atoms with Gasteiger partial charge in [-0.15, -0.1) is 10.2 Å². The third-order valence-corrected chi connectivity index (χ3v) is 6.15. The molecule has 1 amide bonds. The van der Waals surface area contributed by atoms with Crippen molar-refractivity contribution in [2.45, 2.75) is 18.6 Å². The molecule has 4 N–H and O–H groups in total. The van der Waals surface area contributed by atoms with Gasteiger partial charge < -0.3 is 15.5 Å². The Bertz CT molecular complexity index is 1710. The molecule has 13 heteroatoms. The summed E-state index contributed by atoms with van der Waals surface area (Å²) in [5, 5.41) is 36.0. The topological polar surface area (TPSA) is 154 Å². The highest BCUT2D eigenvalue weighted by Gasteiger charge is 2.30. The molecule has 3 aromatic carbocycles. The highest BCUT2D eigenvalue weighted by molar-refractivity contribution is 6.06. The molecule has 0 fully saturated rings. The summed E-state index contributed by atoms with van der Waals surface area (Å²) in [6, 6.07) is 15.7. The Morgan fingerprint density at radius 2 is 1.73 bits per heavy atom. The number of carboxylic acids is 1. The number of hydrogen-bond donors (Lipinski definition) is 4. The van der Waals surface area contributed by atoms with Crippen LogP contribution >= 0.6 is 0 Å². The zero-order valence-corrected chi connectivity index (χ0v) is 20.3. The Balaban J connectivity index is 1.48. The van der Waals surface area contributed by atoms with Crippen LogP contribution < -0.4 is 5.32 Å². The number of H-pyrrole nitrogens is 1. The molecular weight excluding hydrogens is 529 g/mol. The lowest BCUT2D eigenvalue weighted by Crippen LogP contribution is -2.31. The van der Waals surface area contributed by atoms with Crippen LogP contribution in [0, 0.1) is 0 Å². The number of aromatic nitrogens is 5. The second-order valence-corrected chi connectivity index (χ2v) is 8.84. The van der Waals surface area contributed by atoms with Gasteiger partial charge in [-0.25, -0.2) is 9.78 Å². The molecular formula is C27H19F3N6O4. The summed E-state index contributed by atoms with van der Waals surface area (Å²) in [4.78, 5) is 29.7. The Kier molecular flexibility index (Phi) is 6.86. The number of nitrogens with zero attached hydrogens (tertiary/aromatic N) is 4. The Morgan fingerprint density at radius 1 is 0.975 bits per heavy atom. The third-order valence-electron chi connectivity index (χ3n) is 6.15. The highest BCUT2D eigenvalue weighted by atomic mass is 19.4. The predicted octanol–water partition coefficient (Wildman–Crippen LogP) is 4.55. The van der Waals surface area contributed by atoms with Gasteiger partial charge in [0.1, 0.15) is 11.4 Å². The number of halogens is 3. The molecule has 0 saturated carbocycles. The van der Waals surface area contributed by atoms with E-state index in [4.69, 9.17) is 0 Å². The van der Waals surface area contributed by atoms with E-state index in [1.807, 2.05) is 0 Å². The predicted molar refractivity (Wildman–Crippen MR) is 135 cm³/mol. The van der Waals surface area contributed by atoms with E-state index in [1.54, 1.807) is 12.1 Å². The maximum atomic E-state index is 13.2. The van der Waals surface area contributed by atoms with E-state index in [-0.39, 0.29) is 45.7 Å². The number of amides is 1. The number of carbonyl (C=O) groups excluding carboxylic acids is 1. The second-order valence-electron chi connectivity index (χ2n) is 8.84. The van der Waals surface area contributed by atoms with E-state index in [2.05, 4.69) is 30.9 Å². The molecule has 2 heterocycles. The van der Waals surface area contributed by atoms with Crippen molar-refractivity contribution in [3.63, 3.8) is 0 Å². The number of hydrogen-bond acceptors (Lipinski definition) is 7. The molecule has 2 aromatic heterocycles. The van der Waals surface area contributed by atoms with E-state index < -0.39 is 29.7 Å². The second kappa shape index (κ2) is 10.4. The van der Waals surface area contributed by atoms with Crippen LogP contribution in [0.15, 0.2) is 72.8 Å². The number of aromatic hydroxyl groups is 1. The van der Waals surface area contributed by atoms with Crippen molar-refractivity contribution < 1.29 is 33.0 Å². The summed E-state index contributed by atoms with van der Waals surface area (Å²) in [5.41, 5.74) is 0.216. The molecule has 0 aliphatic heterocycles. The molecule has 202 valence electrons. The van der Waals surface area contributed by atoms with Gasteiger partial charge in [-0.3, -0.25) is 4.79 Å². The molecule has 5 aromatic rings. The van der Waals surface area contributed by atoms with Crippen LogP contribution in [0.2, 0.25) is 0 Å². The average molecular weight is 548 g/mol. The van der Waals surface area contributed by atoms with Crippen LogP contribution in [0.25, 0.3) is 22.0 Å². The molecule has 40 heavy (non-hydrogen) atoms. The van der Waals surface area contributed by atoms with Crippen LogP contribution in [-0.2, 0) is 12.6 Å². The van der Waals surface area contributed by atoms with Crippen molar-refractivity contribution in [3.8, 4) is 16.9 Å². The Hall–Kier alpha value is -5.33. The molecule has 0 radical (unpaired) electrons. The fourth-order valence-electron chi connectivity index (χ4n) is 4.20. The molecule has 0 aliphatic carbocycles. The zero-order chi connectivity index (χ0) is 28.4. The van der Waals surface area contributed by atoms with Crippen LogP contribution in [-0.4, -0.2) is 47.7 Å². The van der Waals surface area contributed by atoms with Gasteiger partial charge in [0.15, 0.2) is 5.82 Å². The van der Waals surface area contributed by atoms with Crippen LogP contribution in [0.3, 0.4) is 0 Å². The van der Waals surface area contributed by atoms with Crippen molar-refractivity contribution in [3.05, 3.63) is 101 Å². The number of fused-ring (bicyclic) bond motifs is 1. The SMILES string of the molecule is O=C(N[C@@H](Cc1ccc(O)cc1)c1nn[nH]n1)c1cc(C(=O)O)c2cc(-c3cccc(C(F)(F)F)c3)ccc2n1. The number of phenolic OH excluding ortho intramolecular Hbond substituents is 1. The van der Waals surface area contributed by atoms with Crippen LogP contribution in [0.5, 0.6) is 5.75 Å². The minimum atomic E-state index is -4.54. The summed E-state index contributed by atoms with van der Waals surface area (Å²) in [5.74, 6) is -1.81. The van der Waals surface area contributed by atoms with Crippen molar-refractivity contribution >= 4 is 22.8 Å². The van der Waals surface area contributed by atoms with Crippen molar-refractivity contribution in [1.82, 2.24) is 30.9 Å². The first-order valence-electron chi connectivity index (χ1n) is 11.8. The first kappa shape index (κ1) is 26.3. The van der Waals surface area contributed by atoms with Gasteiger partial charge in [0, 0.05) is 11.8 Å². The molecule has 10 nitrogen and oxygen atoms in total. The number of rotatable bonds is 7. The Morgan fingerprint density at radius 3 is 2.40 bits per heavy atom. The van der Waals surface area contributed by atoms with E-state index in [9.17, 15) is 33.0 Å². The van der Waals surface area contributed by atoms with Gasteiger partial charge in [-0.2, -0.15) is 18.4 Å². The van der Waals surface area contributed by atoms with E-state index in [0.29, 0.717) is 5.56 Å². The highest BCUT2D eigenvalue weighted by Crippen LogP contribution is 2.33. The number of phenols is 1. The normalized spacial score (nSPS) is 12.3. The number of carboxylic acid groups (broad SMARTS) is 1. The molecule has 0 saturated heterocycles. The number of alkyl halides is 3. The molecule has 0 unspecified atom stereocenters. The maximum Gasteiger partial charge on any atom is 0.416 e. The molecule has 0 bridgehead atoms. The van der Waals surface area contributed by atoms with Gasteiger partial charge in [0.2, 0.25) is 0 Å². The minimum absolute atomic E-state index is 0.0710. The minimum Gasteiger partial charge on any atom is -0.508 e. The van der Waals surface area contributed by atoms with Crippen molar-refractivity contribution in [1.29, 1.82) is 0 Å². The smallest absolute Gasteiger partial charge is 0.416 e. The Labute approximate surface area is 223 Å². The van der Waals surface area contributed by atoms with Gasteiger partial charge in [0.25, 0.3) is 5.91 Å². The standard InChI is InChI=1S/C27H19F3N6O4/c28-27(29,30)17-3-1-2-15(11-17)16-6-9-21-19(12-16)20(26(39)40)13-23(31-21)25(38)32-22(24-33-35-36-34-24)10-14-4-7-18(37)8-5-14/h1-9,11-13,22,37H,10H2,(H,32,38)(H,39,40)(H,33,34,35,36)/t22-/m0/s1. The summed E-state index contributed by atoms with van der Waals surface area (Å²) in [6.45, 7) is 0. The first-order chi connectivity index (χ1) is 19.1. The maximum absolute atomic E-state index is 13.2. The fraction of sp³-hybridized carbons (Fsp3) is 0.111. The zero-order valence-electron chi connectivity index (χ0n) is 20.3. The third kappa shape index (κ3) is 5.57. The van der Waals surface area contributed by atoms with E-state index in [1.165, 1.54) is 42.5 Å². The van der Waals surface area contributed by atoms with Crippen molar-refractivity contribution in [2.75, 3.05) is 0 Å². The van der Waals surface area contributed by atoms with Gasteiger partial charge in [-0.05, 0) is 59.2 Å². The summed E-state index contributed by atoms with van der Waals surface area (Å²) >= 11 is 0. The monoisotopic (exact) mass is 548 g/mol. The lowest BCUT2D eigenvalue weighted by Gasteiger charge is -2.16. The average Bonchev–Trinajstić information content (AvgIpc) is 3.47. The fourth-order valence-corrected chi connectivity index (χ4v) is 4.20. The number of benzene rings is 3. The quantitative estimate of drug-likeness (QED) is 0.231. The lowest BCUT2D eigenvalue weighted by molar-refractivity contribution is -0.137. The van der Waals surface area contributed by atoms with Gasteiger partial charge in [0.05, 0.1) is 22.7 Å². The van der Waals surface area contributed by atoms with Gasteiger partial charge in [-0.1, -0.05) is 35.5 Å². The van der Waals surface area contributed by atoms with Crippen LogP contribution in [0.4, 0.5) is 13.2 Å². The van der Waals surface area contributed by atoms with E-state index in [0.717, 1.165) is 23.8 Å².